The zero-order valence-electron chi connectivity index (χ0n) is 17.7. The molecule has 2 atom stereocenters. The Bertz CT molecular complexity index is 842. The summed E-state index contributed by atoms with van der Waals surface area (Å²) in [7, 11) is 0. The molecule has 1 saturated heterocycles. The van der Waals surface area contributed by atoms with Crippen LogP contribution in [0, 0.1) is 11.8 Å². The van der Waals surface area contributed by atoms with Crippen molar-refractivity contribution in [2.75, 3.05) is 18.4 Å². The molecule has 2 aromatic carbocycles. The largest absolute Gasteiger partial charge is 0.369 e. The first-order chi connectivity index (χ1) is 13.9. The molecule has 0 saturated carbocycles. The SMILES string of the molecule is CC(C(=O)Nc1cccc(CN2CCC(C(N)=O)CC2)c1)C(N)c1ccccc1.Cl.Cl. The predicted octanol–water partition coefficient (Wildman–Crippen LogP) is 3.50. The summed E-state index contributed by atoms with van der Waals surface area (Å²) in [5.74, 6) is -0.654. The molecule has 2 amide bonds. The summed E-state index contributed by atoms with van der Waals surface area (Å²) >= 11 is 0. The number of nitrogens with one attached hydrogen (secondary N) is 1. The van der Waals surface area contributed by atoms with E-state index in [4.69, 9.17) is 11.5 Å². The number of likely N-dealkylation sites (tertiary alicyclic amines) is 1. The third-order valence-corrected chi connectivity index (χ3v) is 5.73. The fourth-order valence-corrected chi connectivity index (χ4v) is 3.76. The average Bonchev–Trinajstić information content (AvgIpc) is 2.74. The molecule has 6 nitrogen and oxygen atoms in total. The molecule has 0 aliphatic carbocycles. The molecule has 8 heteroatoms. The molecule has 2 aromatic rings. The van der Waals surface area contributed by atoms with Gasteiger partial charge in [-0.05, 0) is 49.2 Å². The fourth-order valence-electron chi connectivity index (χ4n) is 3.76. The van der Waals surface area contributed by atoms with Gasteiger partial charge in [0.2, 0.25) is 11.8 Å². The maximum absolute atomic E-state index is 12.7. The highest BCUT2D eigenvalue weighted by Gasteiger charge is 2.24. The maximum Gasteiger partial charge on any atom is 0.229 e. The van der Waals surface area contributed by atoms with Crippen LogP contribution in [0.15, 0.2) is 54.6 Å². The van der Waals surface area contributed by atoms with Crippen LogP contribution in [0.5, 0.6) is 0 Å². The molecule has 0 aromatic heterocycles. The molecule has 1 fully saturated rings. The second-order valence-corrected chi connectivity index (χ2v) is 7.87. The monoisotopic (exact) mass is 466 g/mol. The molecule has 1 aliphatic rings. The molecule has 1 aliphatic heterocycles. The number of piperidine rings is 1. The Morgan fingerprint density at radius 3 is 2.32 bits per heavy atom. The highest BCUT2D eigenvalue weighted by Crippen LogP contribution is 2.22. The Morgan fingerprint density at radius 2 is 1.71 bits per heavy atom. The van der Waals surface area contributed by atoms with E-state index in [0.29, 0.717) is 0 Å². The van der Waals surface area contributed by atoms with Gasteiger partial charge < -0.3 is 16.8 Å². The minimum absolute atomic E-state index is 0. The fraction of sp³-hybridized carbons (Fsp3) is 0.391. The minimum atomic E-state index is -0.356. The minimum Gasteiger partial charge on any atom is -0.369 e. The number of carbonyl (C=O) groups is 2. The van der Waals surface area contributed by atoms with Crippen molar-refractivity contribution in [3.05, 3.63) is 65.7 Å². The van der Waals surface area contributed by atoms with Crippen molar-refractivity contribution in [2.45, 2.75) is 32.4 Å². The Balaban J connectivity index is 0.00000240. The molecule has 3 rings (SSSR count). The Hall–Kier alpha value is -2.12. The van der Waals surface area contributed by atoms with Crippen LogP contribution in [0.3, 0.4) is 0 Å². The van der Waals surface area contributed by atoms with E-state index in [0.717, 1.165) is 49.3 Å². The number of anilines is 1. The quantitative estimate of drug-likeness (QED) is 0.580. The van der Waals surface area contributed by atoms with Gasteiger partial charge in [-0.2, -0.15) is 0 Å². The zero-order valence-corrected chi connectivity index (χ0v) is 19.3. The average molecular weight is 467 g/mol. The van der Waals surface area contributed by atoms with Crippen molar-refractivity contribution < 1.29 is 9.59 Å². The summed E-state index contributed by atoms with van der Waals surface area (Å²) < 4.78 is 0. The van der Waals surface area contributed by atoms with Gasteiger partial charge in [0.1, 0.15) is 0 Å². The van der Waals surface area contributed by atoms with E-state index in [9.17, 15) is 9.59 Å². The van der Waals surface area contributed by atoms with Gasteiger partial charge in [0, 0.05) is 24.2 Å². The molecule has 170 valence electrons. The van der Waals surface area contributed by atoms with Crippen LogP contribution in [-0.2, 0) is 16.1 Å². The van der Waals surface area contributed by atoms with Gasteiger partial charge >= 0.3 is 0 Å². The number of benzene rings is 2. The number of hydrogen-bond acceptors (Lipinski definition) is 4. The van der Waals surface area contributed by atoms with Gasteiger partial charge in [-0.3, -0.25) is 14.5 Å². The molecule has 1 heterocycles. The third-order valence-electron chi connectivity index (χ3n) is 5.73. The second-order valence-electron chi connectivity index (χ2n) is 7.87. The number of primary amides is 1. The number of nitrogens with zero attached hydrogens (tertiary/aromatic N) is 1. The summed E-state index contributed by atoms with van der Waals surface area (Å²) in [4.78, 5) is 26.3. The van der Waals surface area contributed by atoms with Crippen molar-refractivity contribution in [3.63, 3.8) is 0 Å². The first kappa shape index (κ1) is 26.9. The van der Waals surface area contributed by atoms with Crippen LogP contribution in [-0.4, -0.2) is 29.8 Å². The lowest BCUT2D eigenvalue weighted by Crippen LogP contribution is -2.38. The van der Waals surface area contributed by atoms with Crippen LogP contribution in [0.4, 0.5) is 5.69 Å². The van der Waals surface area contributed by atoms with Gasteiger partial charge in [-0.1, -0.05) is 49.4 Å². The highest BCUT2D eigenvalue weighted by molar-refractivity contribution is 5.93. The van der Waals surface area contributed by atoms with Crippen LogP contribution >= 0.6 is 24.8 Å². The molecule has 0 spiro atoms. The molecular formula is C23H32Cl2N4O2. The van der Waals surface area contributed by atoms with Gasteiger partial charge in [-0.15, -0.1) is 24.8 Å². The lowest BCUT2D eigenvalue weighted by atomic mass is 9.94. The lowest BCUT2D eigenvalue weighted by molar-refractivity contribution is -0.123. The van der Waals surface area contributed by atoms with Crippen molar-refractivity contribution in [3.8, 4) is 0 Å². The number of amides is 2. The maximum atomic E-state index is 12.7. The van der Waals surface area contributed by atoms with E-state index < -0.39 is 0 Å². The van der Waals surface area contributed by atoms with Gasteiger partial charge in [0.15, 0.2) is 0 Å². The van der Waals surface area contributed by atoms with Gasteiger partial charge in [-0.25, -0.2) is 0 Å². The van der Waals surface area contributed by atoms with Crippen molar-refractivity contribution in [1.82, 2.24) is 4.90 Å². The smallest absolute Gasteiger partial charge is 0.229 e. The Kier molecular flexibility index (Phi) is 11.0. The van der Waals surface area contributed by atoms with Gasteiger partial charge in [0.25, 0.3) is 0 Å². The van der Waals surface area contributed by atoms with E-state index in [-0.39, 0.29) is 54.5 Å². The van der Waals surface area contributed by atoms with E-state index in [2.05, 4.69) is 16.3 Å². The first-order valence-corrected chi connectivity index (χ1v) is 10.2. The summed E-state index contributed by atoms with van der Waals surface area (Å²) in [5, 5.41) is 2.99. The van der Waals surface area contributed by atoms with Crippen LogP contribution in [0.2, 0.25) is 0 Å². The third kappa shape index (κ3) is 7.51. The summed E-state index contributed by atoms with van der Waals surface area (Å²) in [6.45, 7) is 4.34. The van der Waals surface area contributed by atoms with Crippen LogP contribution < -0.4 is 16.8 Å². The Labute approximate surface area is 196 Å². The number of halogens is 2. The lowest BCUT2D eigenvalue weighted by Gasteiger charge is -2.30. The second kappa shape index (κ2) is 12.7. The zero-order chi connectivity index (χ0) is 20.8. The molecule has 0 bridgehead atoms. The topological polar surface area (TPSA) is 101 Å². The van der Waals surface area contributed by atoms with E-state index in [1.165, 1.54) is 0 Å². The van der Waals surface area contributed by atoms with Crippen molar-refractivity contribution in [2.24, 2.45) is 23.3 Å². The van der Waals surface area contributed by atoms with Crippen molar-refractivity contribution >= 4 is 42.3 Å². The molecule has 0 radical (unpaired) electrons. The molecule has 31 heavy (non-hydrogen) atoms. The van der Waals surface area contributed by atoms with Crippen LogP contribution in [0.25, 0.3) is 0 Å². The van der Waals surface area contributed by atoms with E-state index in [1.54, 1.807) is 0 Å². The van der Waals surface area contributed by atoms with Crippen molar-refractivity contribution in [1.29, 1.82) is 0 Å². The molecular weight excluding hydrogens is 435 g/mol. The first-order valence-electron chi connectivity index (χ1n) is 10.2. The number of carbonyl (C=O) groups excluding carboxylic acids is 2. The highest BCUT2D eigenvalue weighted by atomic mass is 35.5. The van der Waals surface area contributed by atoms with E-state index in [1.807, 2.05) is 55.5 Å². The van der Waals surface area contributed by atoms with E-state index >= 15 is 0 Å². The number of rotatable bonds is 7. The Morgan fingerprint density at radius 1 is 1.06 bits per heavy atom. The normalized spacial score (nSPS) is 16.3. The number of hydrogen-bond donors (Lipinski definition) is 3. The standard InChI is InChI=1S/C23H30N4O2.2ClH/c1-16(21(24)18-7-3-2-4-8-18)23(29)26-20-9-5-6-17(14-20)15-27-12-10-19(11-13-27)22(25)28;;/h2-9,14,16,19,21H,10-13,15,24H2,1H3,(H2,25,28)(H,26,29);2*1H. The molecule has 2 unspecified atom stereocenters. The summed E-state index contributed by atoms with van der Waals surface area (Å²) in [6.07, 6.45) is 1.61. The summed E-state index contributed by atoms with van der Waals surface area (Å²) in [5.41, 5.74) is 14.5. The predicted molar refractivity (Wildman–Crippen MR) is 129 cm³/mol. The summed E-state index contributed by atoms with van der Waals surface area (Å²) in [6, 6.07) is 17.2. The molecule has 5 N–H and O–H groups in total. The number of nitrogens with two attached hydrogens (primary N) is 2. The van der Waals surface area contributed by atoms with Crippen LogP contribution in [0.1, 0.15) is 36.9 Å². The van der Waals surface area contributed by atoms with Gasteiger partial charge in [0.05, 0.1) is 5.92 Å².